The fourth-order valence-corrected chi connectivity index (χ4v) is 2.91. The third kappa shape index (κ3) is 3.33. The van der Waals surface area contributed by atoms with E-state index in [1.807, 2.05) is 13.0 Å². The Hall–Kier alpha value is -1.40. The number of aryl methyl sites for hydroxylation is 1. The molecule has 4 nitrogen and oxygen atoms in total. The van der Waals surface area contributed by atoms with Gasteiger partial charge in [0.2, 0.25) is 0 Å². The highest BCUT2D eigenvalue weighted by molar-refractivity contribution is 9.10. The first-order chi connectivity index (χ1) is 8.97. The van der Waals surface area contributed by atoms with Crippen LogP contribution in [0.2, 0.25) is 0 Å². The van der Waals surface area contributed by atoms with Gasteiger partial charge in [-0.2, -0.15) is 0 Å². The van der Waals surface area contributed by atoms with Crippen molar-refractivity contribution in [3.05, 3.63) is 44.3 Å². The van der Waals surface area contributed by atoms with Gasteiger partial charge in [0.05, 0.1) is 17.1 Å². The zero-order chi connectivity index (χ0) is 14.0. The number of aromatic nitrogens is 1. The smallest absolute Gasteiger partial charge is 0.256 e. The Bertz CT molecular complexity index is 612. The van der Waals surface area contributed by atoms with E-state index in [1.165, 1.54) is 0 Å². The Morgan fingerprint density at radius 3 is 2.89 bits per heavy atom. The maximum atomic E-state index is 12.3. The number of halogens is 1. The lowest BCUT2D eigenvalue weighted by Gasteiger charge is -2.17. The first-order valence-electron chi connectivity index (χ1n) is 5.69. The minimum Gasteiger partial charge on any atom is -0.398 e. The minimum absolute atomic E-state index is 0.0927. The van der Waals surface area contributed by atoms with Crippen LogP contribution in [0, 0.1) is 6.92 Å². The van der Waals surface area contributed by atoms with Crippen molar-refractivity contribution in [2.24, 2.45) is 0 Å². The molecule has 0 bridgehead atoms. The number of hydrogen-bond donors (Lipinski definition) is 1. The predicted molar refractivity (Wildman–Crippen MR) is 81.2 cm³/mol. The number of thiazole rings is 1. The van der Waals surface area contributed by atoms with Gasteiger partial charge in [-0.1, -0.05) is 15.9 Å². The molecular formula is C13H14BrN3OS. The Kier molecular flexibility index (Phi) is 4.21. The van der Waals surface area contributed by atoms with Gasteiger partial charge in [0, 0.05) is 28.3 Å². The molecule has 0 aliphatic rings. The Morgan fingerprint density at radius 2 is 2.26 bits per heavy atom. The van der Waals surface area contributed by atoms with Crippen LogP contribution in [0.3, 0.4) is 0 Å². The number of carbonyl (C=O) groups is 1. The van der Waals surface area contributed by atoms with Crippen molar-refractivity contribution in [3.8, 4) is 0 Å². The monoisotopic (exact) mass is 339 g/mol. The SMILES string of the molecule is Cc1ncc(CN(C)C(=O)c2cc(Br)ccc2N)s1. The third-order valence-corrected chi connectivity index (χ3v) is 4.05. The molecule has 0 fully saturated rings. The molecule has 2 rings (SSSR count). The van der Waals surface area contributed by atoms with Crippen LogP contribution in [0.1, 0.15) is 20.2 Å². The molecule has 0 aliphatic heterocycles. The van der Waals surface area contributed by atoms with Crippen LogP contribution in [0.15, 0.2) is 28.9 Å². The third-order valence-electron chi connectivity index (χ3n) is 2.65. The molecule has 1 heterocycles. The zero-order valence-corrected chi connectivity index (χ0v) is 13.1. The topological polar surface area (TPSA) is 59.2 Å². The predicted octanol–water partition coefficient (Wildman–Crippen LogP) is 3.07. The summed E-state index contributed by atoms with van der Waals surface area (Å²) in [7, 11) is 1.76. The Balaban J connectivity index is 2.16. The second kappa shape index (κ2) is 5.71. The number of nitrogens with zero attached hydrogens (tertiary/aromatic N) is 2. The molecule has 0 saturated heterocycles. The molecule has 2 N–H and O–H groups in total. The molecule has 19 heavy (non-hydrogen) atoms. The van der Waals surface area contributed by atoms with E-state index in [0.29, 0.717) is 17.8 Å². The second-order valence-corrected chi connectivity index (χ2v) is 6.47. The van der Waals surface area contributed by atoms with Crippen molar-refractivity contribution < 1.29 is 4.79 Å². The number of anilines is 1. The Labute approximate surface area is 124 Å². The summed E-state index contributed by atoms with van der Waals surface area (Å²) in [6, 6.07) is 5.28. The van der Waals surface area contributed by atoms with Crippen LogP contribution >= 0.6 is 27.3 Å². The van der Waals surface area contributed by atoms with E-state index in [1.54, 1.807) is 41.6 Å². The van der Waals surface area contributed by atoms with E-state index in [2.05, 4.69) is 20.9 Å². The van der Waals surface area contributed by atoms with E-state index in [-0.39, 0.29) is 5.91 Å². The van der Waals surface area contributed by atoms with Gasteiger partial charge >= 0.3 is 0 Å². The van der Waals surface area contributed by atoms with Gasteiger partial charge in [-0.25, -0.2) is 4.98 Å². The van der Waals surface area contributed by atoms with Gasteiger partial charge in [-0.05, 0) is 25.1 Å². The summed E-state index contributed by atoms with van der Waals surface area (Å²) in [5, 5.41) is 0.998. The lowest BCUT2D eigenvalue weighted by molar-refractivity contribution is 0.0787. The zero-order valence-electron chi connectivity index (χ0n) is 10.7. The van der Waals surface area contributed by atoms with Crippen molar-refractivity contribution in [2.45, 2.75) is 13.5 Å². The van der Waals surface area contributed by atoms with Crippen molar-refractivity contribution >= 4 is 38.9 Å². The van der Waals surface area contributed by atoms with Gasteiger partial charge in [0.25, 0.3) is 5.91 Å². The number of nitrogen functional groups attached to an aromatic ring is 1. The molecule has 1 amide bonds. The van der Waals surface area contributed by atoms with Gasteiger partial charge in [-0.15, -0.1) is 11.3 Å². The van der Waals surface area contributed by atoms with Gasteiger partial charge < -0.3 is 10.6 Å². The van der Waals surface area contributed by atoms with E-state index >= 15 is 0 Å². The van der Waals surface area contributed by atoms with Crippen molar-refractivity contribution in [2.75, 3.05) is 12.8 Å². The van der Waals surface area contributed by atoms with Gasteiger partial charge in [0.15, 0.2) is 0 Å². The number of benzene rings is 1. The van der Waals surface area contributed by atoms with E-state index in [0.717, 1.165) is 14.4 Å². The summed E-state index contributed by atoms with van der Waals surface area (Å²) >= 11 is 4.94. The minimum atomic E-state index is -0.0927. The standard InChI is InChI=1S/C13H14BrN3OS/c1-8-16-6-10(19-8)7-17(2)13(18)11-5-9(14)3-4-12(11)15/h3-6H,7,15H2,1-2H3. The van der Waals surface area contributed by atoms with Crippen LogP contribution in [-0.2, 0) is 6.54 Å². The number of rotatable bonds is 3. The highest BCUT2D eigenvalue weighted by Crippen LogP contribution is 2.21. The normalized spacial score (nSPS) is 10.5. The largest absolute Gasteiger partial charge is 0.398 e. The molecule has 0 unspecified atom stereocenters. The quantitative estimate of drug-likeness (QED) is 0.874. The molecule has 100 valence electrons. The van der Waals surface area contributed by atoms with Crippen molar-refractivity contribution in [1.29, 1.82) is 0 Å². The average molecular weight is 340 g/mol. The second-order valence-electron chi connectivity index (χ2n) is 4.24. The number of carbonyl (C=O) groups excluding carboxylic acids is 1. The molecule has 6 heteroatoms. The Morgan fingerprint density at radius 1 is 1.53 bits per heavy atom. The maximum Gasteiger partial charge on any atom is 0.256 e. The van der Waals surface area contributed by atoms with Crippen LogP contribution in [0.5, 0.6) is 0 Å². The first kappa shape index (κ1) is 14.0. The fourth-order valence-electron chi connectivity index (χ4n) is 1.70. The first-order valence-corrected chi connectivity index (χ1v) is 7.30. The highest BCUT2D eigenvalue weighted by Gasteiger charge is 2.16. The molecule has 2 aromatic rings. The molecular weight excluding hydrogens is 326 g/mol. The van der Waals surface area contributed by atoms with Gasteiger partial charge in [-0.3, -0.25) is 4.79 Å². The van der Waals surface area contributed by atoms with E-state index in [4.69, 9.17) is 5.73 Å². The van der Waals surface area contributed by atoms with Crippen molar-refractivity contribution in [1.82, 2.24) is 9.88 Å². The summed E-state index contributed by atoms with van der Waals surface area (Å²) < 4.78 is 0.840. The summed E-state index contributed by atoms with van der Waals surface area (Å²) in [5.74, 6) is -0.0927. The van der Waals surface area contributed by atoms with Crippen LogP contribution in [0.4, 0.5) is 5.69 Å². The van der Waals surface area contributed by atoms with Crippen molar-refractivity contribution in [3.63, 3.8) is 0 Å². The molecule has 1 aromatic carbocycles. The van der Waals surface area contributed by atoms with Gasteiger partial charge in [0.1, 0.15) is 0 Å². The lowest BCUT2D eigenvalue weighted by atomic mass is 10.1. The number of nitrogens with two attached hydrogens (primary N) is 1. The molecule has 0 radical (unpaired) electrons. The number of amides is 1. The summed E-state index contributed by atoms with van der Waals surface area (Å²) in [5.41, 5.74) is 6.85. The van der Waals surface area contributed by atoms with E-state index < -0.39 is 0 Å². The number of hydrogen-bond acceptors (Lipinski definition) is 4. The molecule has 0 atom stereocenters. The van der Waals surface area contributed by atoms with Crippen LogP contribution < -0.4 is 5.73 Å². The molecule has 0 spiro atoms. The summed E-state index contributed by atoms with van der Waals surface area (Å²) in [6.07, 6.45) is 1.80. The molecule has 0 saturated carbocycles. The van der Waals surface area contributed by atoms with Crippen LogP contribution in [-0.4, -0.2) is 22.8 Å². The summed E-state index contributed by atoms with van der Waals surface area (Å²) in [6.45, 7) is 2.48. The molecule has 1 aromatic heterocycles. The highest BCUT2D eigenvalue weighted by atomic mass is 79.9. The summed E-state index contributed by atoms with van der Waals surface area (Å²) in [4.78, 5) is 19.2. The van der Waals surface area contributed by atoms with E-state index in [9.17, 15) is 4.79 Å². The maximum absolute atomic E-state index is 12.3. The molecule has 0 aliphatic carbocycles. The lowest BCUT2D eigenvalue weighted by Crippen LogP contribution is -2.26. The average Bonchev–Trinajstić information content (AvgIpc) is 2.77. The van der Waals surface area contributed by atoms with Crippen LogP contribution in [0.25, 0.3) is 0 Å². The fraction of sp³-hybridized carbons (Fsp3) is 0.231.